The summed E-state index contributed by atoms with van der Waals surface area (Å²) in [4.78, 5) is 4.54. The van der Waals surface area contributed by atoms with Gasteiger partial charge in [-0.25, -0.2) is 0 Å². The summed E-state index contributed by atoms with van der Waals surface area (Å²) in [7, 11) is -2.09. The molecule has 16 heavy (non-hydrogen) atoms. The summed E-state index contributed by atoms with van der Waals surface area (Å²) in [6.45, 7) is 2.23. The van der Waals surface area contributed by atoms with E-state index in [2.05, 4.69) is 16.9 Å². The van der Waals surface area contributed by atoms with E-state index in [4.69, 9.17) is 4.55 Å². The summed E-state index contributed by atoms with van der Waals surface area (Å²) in [5, 5.41) is 3.66. The van der Waals surface area contributed by atoms with Crippen molar-refractivity contribution in [2.45, 2.75) is 45.4 Å². The zero-order chi connectivity index (χ0) is 12.9. The minimum absolute atomic E-state index is 0.715. The standard InChI is InChI=1S/C9H19NO.CH4O3S/c1-3-4-5-6-7-8-9-10-11-2;1-5(2,3)4/h9H,3-8H2,1-2H3;1H3,(H,2,3,4). The van der Waals surface area contributed by atoms with Gasteiger partial charge in [0.15, 0.2) is 0 Å². The van der Waals surface area contributed by atoms with Gasteiger partial charge in [-0.15, -0.1) is 0 Å². The van der Waals surface area contributed by atoms with E-state index in [1.165, 1.54) is 32.1 Å². The van der Waals surface area contributed by atoms with Crippen LogP contribution in [0.1, 0.15) is 45.4 Å². The number of hydrogen-bond acceptors (Lipinski definition) is 4. The van der Waals surface area contributed by atoms with Crippen molar-refractivity contribution < 1.29 is 17.8 Å². The Kier molecular flexibility index (Phi) is 13.8. The molecule has 0 saturated heterocycles. The molecular weight excluding hydrogens is 230 g/mol. The lowest BCUT2D eigenvalue weighted by Gasteiger charge is -1.94. The van der Waals surface area contributed by atoms with Crippen molar-refractivity contribution >= 4 is 16.3 Å². The normalized spacial score (nSPS) is 11.0. The Balaban J connectivity index is 0. The summed E-state index contributed by atoms with van der Waals surface area (Å²) in [6, 6.07) is 0. The maximum Gasteiger partial charge on any atom is 0.261 e. The number of oxime groups is 1. The van der Waals surface area contributed by atoms with Gasteiger partial charge in [0.25, 0.3) is 10.1 Å². The molecule has 1 N–H and O–H groups in total. The van der Waals surface area contributed by atoms with Gasteiger partial charge in [-0.1, -0.05) is 37.8 Å². The number of nitrogens with zero attached hydrogens (tertiary/aromatic N) is 1. The van der Waals surface area contributed by atoms with E-state index >= 15 is 0 Å². The highest BCUT2D eigenvalue weighted by Gasteiger charge is 1.86. The van der Waals surface area contributed by atoms with E-state index in [1.807, 2.05) is 6.21 Å². The molecular formula is C10H23NO4S. The fourth-order valence-corrected chi connectivity index (χ4v) is 0.966. The molecule has 0 aromatic rings. The molecule has 0 fully saturated rings. The molecule has 0 aliphatic heterocycles. The van der Waals surface area contributed by atoms with Crippen LogP contribution in [0.2, 0.25) is 0 Å². The molecule has 0 bridgehead atoms. The van der Waals surface area contributed by atoms with Crippen molar-refractivity contribution in [3.8, 4) is 0 Å². The Bertz CT molecular complexity index is 242. The van der Waals surface area contributed by atoms with E-state index < -0.39 is 10.1 Å². The SMILES string of the molecule is CCCCCCCC=NOC.CS(=O)(=O)O. The summed E-state index contributed by atoms with van der Waals surface area (Å²) in [5.74, 6) is 0. The van der Waals surface area contributed by atoms with Gasteiger partial charge < -0.3 is 4.84 Å². The average Bonchev–Trinajstić information content (AvgIpc) is 2.14. The summed E-state index contributed by atoms with van der Waals surface area (Å²) in [5.41, 5.74) is 0. The Hall–Kier alpha value is -0.620. The molecule has 0 aliphatic rings. The molecule has 0 unspecified atom stereocenters. The first-order valence-corrected chi connectivity index (χ1v) is 7.24. The van der Waals surface area contributed by atoms with Gasteiger partial charge in [0, 0.05) is 6.21 Å². The zero-order valence-corrected chi connectivity index (χ0v) is 11.2. The van der Waals surface area contributed by atoms with Crippen LogP contribution in [0.4, 0.5) is 0 Å². The fourth-order valence-electron chi connectivity index (χ4n) is 0.966. The second-order valence-corrected chi connectivity index (χ2v) is 4.87. The lowest BCUT2D eigenvalue weighted by Crippen LogP contribution is -1.88. The quantitative estimate of drug-likeness (QED) is 0.327. The first-order valence-electron chi connectivity index (χ1n) is 5.39. The van der Waals surface area contributed by atoms with Crippen LogP contribution in [-0.2, 0) is 15.0 Å². The minimum atomic E-state index is -3.67. The van der Waals surface area contributed by atoms with Crippen LogP contribution in [0.25, 0.3) is 0 Å². The molecule has 0 amide bonds. The zero-order valence-electron chi connectivity index (χ0n) is 10.3. The van der Waals surface area contributed by atoms with Crippen molar-refractivity contribution in [3.05, 3.63) is 0 Å². The maximum absolute atomic E-state index is 9.19. The monoisotopic (exact) mass is 253 g/mol. The first-order chi connectivity index (χ1) is 7.41. The molecule has 0 aliphatic carbocycles. The first kappa shape index (κ1) is 17.8. The second-order valence-electron chi connectivity index (χ2n) is 3.41. The van der Waals surface area contributed by atoms with E-state index in [0.717, 1.165) is 6.42 Å². The third-order valence-electron chi connectivity index (χ3n) is 1.62. The summed E-state index contributed by atoms with van der Waals surface area (Å²) < 4.78 is 25.9. The Labute approximate surface area is 98.6 Å². The van der Waals surface area contributed by atoms with Crippen molar-refractivity contribution in [1.29, 1.82) is 0 Å². The predicted molar refractivity (Wildman–Crippen MR) is 66.3 cm³/mol. The molecule has 5 nitrogen and oxygen atoms in total. The van der Waals surface area contributed by atoms with Gasteiger partial charge in [-0.05, 0) is 12.8 Å². The van der Waals surface area contributed by atoms with Gasteiger partial charge in [0.2, 0.25) is 0 Å². The summed E-state index contributed by atoms with van der Waals surface area (Å²) >= 11 is 0. The number of rotatable bonds is 7. The molecule has 0 saturated carbocycles. The molecule has 0 aromatic heterocycles. The van der Waals surface area contributed by atoms with Gasteiger partial charge in [0.1, 0.15) is 7.11 Å². The molecule has 0 heterocycles. The Morgan fingerprint density at radius 3 is 2.19 bits per heavy atom. The highest BCUT2D eigenvalue weighted by molar-refractivity contribution is 7.85. The smallest absolute Gasteiger partial charge is 0.261 e. The van der Waals surface area contributed by atoms with Crippen LogP contribution < -0.4 is 0 Å². The van der Waals surface area contributed by atoms with E-state index in [-0.39, 0.29) is 0 Å². The molecule has 0 radical (unpaired) electrons. The molecule has 6 heteroatoms. The molecule has 0 rings (SSSR count). The lowest BCUT2D eigenvalue weighted by molar-refractivity contribution is 0.214. The molecule has 0 aromatic carbocycles. The van der Waals surface area contributed by atoms with Crippen molar-refractivity contribution in [3.63, 3.8) is 0 Å². The minimum Gasteiger partial charge on any atom is -0.399 e. The van der Waals surface area contributed by atoms with Gasteiger partial charge >= 0.3 is 0 Å². The maximum atomic E-state index is 9.19. The third kappa shape index (κ3) is 37.7. The highest BCUT2D eigenvalue weighted by Crippen LogP contribution is 2.03. The second kappa shape index (κ2) is 12.4. The van der Waals surface area contributed by atoms with Crippen LogP contribution in [0, 0.1) is 0 Å². The molecule has 98 valence electrons. The topological polar surface area (TPSA) is 76.0 Å². The number of hydrogen-bond donors (Lipinski definition) is 1. The largest absolute Gasteiger partial charge is 0.399 e. The van der Waals surface area contributed by atoms with Crippen LogP contribution in [0.3, 0.4) is 0 Å². The van der Waals surface area contributed by atoms with Crippen molar-refractivity contribution in [1.82, 2.24) is 0 Å². The van der Waals surface area contributed by atoms with Crippen molar-refractivity contribution in [2.75, 3.05) is 13.4 Å². The van der Waals surface area contributed by atoms with Crippen LogP contribution >= 0.6 is 0 Å². The van der Waals surface area contributed by atoms with Crippen molar-refractivity contribution in [2.24, 2.45) is 5.16 Å². The summed E-state index contributed by atoms with van der Waals surface area (Å²) in [6.07, 6.45) is 10.2. The lowest BCUT2D eigenvalue weighted by atomic mass is 10.1. The van der Waals surface area contributed by atoms with Crippen LogP contribution in [0.5, 0.6) is 0 Å². The van der Waals surface area contributed by atoms with Crippen LogP contribution in [-0.4, -0.2) is 32.6 Å². The van der Waals surface area contributed by atoms with E-state index in [1.54, 1.807) is 7.11 Å². The highest BCUT2D eigenvalue weighted by atomic mass is 32.2. The van der Waals surface area contributed by atoms with E-state index in [9.17, 15) is 8.42 Å². The third-order valence-corrected chi connectivity index (χ3v) is 1.62. The predicted octanol–water partition coefficient (Wildman–Crippen LogP) is 2.48. The van der Waals surface area contributed by atoms with E-state index in [0.29, 0.717) is 6.26 Å². The number of unbranched alkanes of at least 4 members (excludes halogenated alkanes) is 5. The van der Waals surface area contributed by atoms with Gasteiger partial charge in [-0.2, -0.15) is 8.42 Å². The van der Waals surface area contributed by atoms with Crippen LogP contribution in [0.15, 0.2) is 5.16 Å². The van der Waals surface area contributed by atoms with Gasteiger partial charge in [0.05, 0.1) is 6.26 Å². The molecule has 0 atom stereocenters. The Morgan fingerprint density at radius 2 is 1.75 bits per heavy atom. The Morgan fingerprint density at radius 1 is 1.25 bits per heavy atom. The molecule has 0 spiro atoms. The average molecular weight is 253 g/mol. The fraction of sp³-hybridized carbons (Fsp3) is 0.900. The van der Waals surface area contributed by atoms with Gasteiger partial charge in [-0.3, -0.25) is 4.55 Å².